The normalized spacial score (nSPS) is 14.8. The predicted molar refractivity (Wildman–Crippen MR) is 114 cm³/mol. The highest BCUT2D eigenvalue weighted by molar-refractivity contribution is 8.01. The summed E-state index contributed by atoms with van der Waals surface area (Å²) in [6, 6.07) is 24.1. The van der Waals surface area contributed by atoms with Gasteiger partial charge < -0.3 is 16.0 Å². The quantitative estimate of drug-likeness (QED) is 0.589. The highest BCUT2D eigenvalue weighted by Crippen LogP contribution is 2.37. The molecule has 3 amide bonds. The van der Waals surface area contributed by atoms with Crippen molar-refractivity contribution >= 4 is 40.8 Å². The van der Waals surface area contributed by atoms with Gasteiger partial charge in [0.1, 0.15) is 0 Å². The van der Waals surface area contributed by atoms with E-state index in [2.05, 4.69) is 22.0 Å². The number of urea groups is 1. The van der Waals surface area contributed by atoms with Crippen molar-refractivity contribution in [3.05, 3.63) is 84.4 Å². The molecule has 0 bridgehead atoms. The number of carbonyl (C=O) groups is 2. The Labute approximate surface area is 167 Å². The molecule has 140 valence electrons. The van der Waals surface area contributed by atoms with E-state index in [1.165, 1.54) is 5.56 Å². The van der Waals surface area contributed by atoms with Crippen molar-refractivity contribution in [3.8, 4) is 0 Å². The van der Waals surface area contributed by atoms with Crippen molar-refractivity contribution in [2.24, 2.45) is 0 Å². The fourth-order valence-corrected chi connectivity index (χ4v) is 4.24. The third-order valence-electron chi connectivity index (χ3n) is 4.36. The van der Waals surface area contributed by atoms with Crippen molar-refractivity contribution in [2.45, 2.75) is 16.6 Å². The molecule has 1 atom stereocenters. The number of nitrogens with one attached hydrogen (secondary N) is 3. The lowest BCUT2D eigenvalue weighted by Crippen LogP contribution is -2.24. The van der Waals surface area contributed by atoms with E-state index in [0.717, 1.165) is 11.3 Å². The van der Waals surface area contributed by atoms with E-state index >= 15 is 0 Å². The van der Waals surface area contributed by atoms with Gasteiger partial charge >= 0.3 is 6.03 Å². The Morgan fingerprint density at radius 1 is 0.750 bits per heavy atom. The number of hydrogen-bond donors (Lipinski definition) is 3. The summed E-state index contributed by atoms with van der Waals surface area (Å²) in [7, 11) is 0. The minimum Gasteiger partial charge on any atom is -0.325 e. The molecular formula is C22H19N3O2S. The van der Waals surface area contributed by atoms with Crippen molar-refractivity contribution in [2.75, 3.05) is 16.0 Å². The predicted octanol–water partition coefficient (Wildman–Crippen LogP) is 4.99. The maximum Gasteiger partial charge on any atom is 0.323 e. The van der Waals surface area contributed by atoms with Crippen LogP contribution in [0, 0.1) is 0 Å². The molecule has 0 radical (unpaired) electrons. The van der Waals surface area contributed by atoms with Gasteiger partial charge in [-0.3, -0.25) is 4.79 Å². The van der Waals surface area contributed by atoms with Crippen LogP contribution in [0.25, 0.3) is 0 Å². The zero-order chi connectivity index (χ0) is 19.3. The molecule has 0 fully saturated rings. The fraction of sp³-hybridized carbons (Fsp3) is 0.0909. The maximum atomic E-state index is 12.6. The summed E-state index contributed by atoms with van der Waals surface area (Å²) in [5.41, 5.74) is 3.18. The van der Waals surface area contributed by atoms with Crippen molar-refractivity contribution in [1.82, 2.24) is 0 Å². The van der Waals surface area contributed by atoms with E-state index in [0.29, 0.717) is 17.1 Å². The summed E-state index contributed by atoms with van der Waals surface area (Å²) in [5, 5.41) is 8.35. The molecule has 0 aromatic heterocycles. The van der Waals surface area contributed by atoms with E-state index in [9.17, 15) is 9.59 Å². The second-order valence-corrected chi connectivity index (χ2v) is 7.68. The second-order valence-electron chi connectivity index (χ2n) is 6.43. The monoisotopic (exact) mass is 389 g/mol. The van der Waals surface area contributed by atoms with Crippen LogP contribution in [0.4, 0.5) is 21.9 Å². The van der Waals surface area contributed by atoms with Crippen molar-refractivity contribution < 1.29 is 9.59 Å². The average Bonchev–Trinajstić information content (AvgIpc) is 3.13. The zero-order valence-electron chi connectivity index (χ0n) is 15.0. The van der Waals surface area contributed by atoms with Crippen LogP contribution >= 0.6 is 11.8 Å². The van der Waals surface area contributed by atoms with Gasteiger partial charge in [0.2, 0.25) is 5.91 Å². The molecule has 0 aliphatic carbocycles. The molecule has 3 N–H and O–H groups in total. The van der Waals surface area contributed by atoms with Crippen molar-refractivity contribution in [3.63, 3.8) is 0 Å². The smallest absolute Gasteiger partial charge is 0.323 e. The van der Waals surface area contributed by atoms with Gasteiger partial charge in [-0.05, 0) is 48.4 Å². The Morgan fingerprint density at radius 2 is 1.39 bits per heavy atom. The molecule has 1 unspecified atom stereocenters. The average molecular weight is 389 g/mol. The minimum atomic E-state index is -0.337. The number of hydrogen-bond acceptors (Lipinski definition) is 3. The van der Waals surface area contributed by atoms with Crippen LogP contribution in [0.3, 0.4) is 0 Å². The molecule has 6 heteroatoms. The molecule has 1 aliphatic rings. The first-order valence-electron chi connectivity index (χ1n) is 8.96. The van der Waals surface area contributed by atoms with Crippen LogP contribution in [-0.4, -0.2) is 17.2 Å². The third-order valence-corrected chi connectivity index (χ3v) is 5.68. The Bertz CT molecular complexity index is 982. The molecule has 3 aromatic carbocycles. The zero-order valence-corrected chi connectivity index (χ0v) is 15.8. The van der Waals surface area contributed by atoms with E-state index in [4.69, 9.17) is 0 Å². The van der Waals surface area contributed by atoms with Gasteiger partial charge in [-0.25, -0.2) is 4.79 Å². The van der Waals surface area contributed by atoms with E-state index in [1.807, 2.05) is 54.6 Å². The first kappa shape index (κ1) is 18.1. The third kappa shape index (κ3) is 4.35. The highest BCUT2D eigenvalue weighted by Gasteiger charge is 2.27. The number of benzene rings is 3. The van der Waals surface area contributed by atoms with Gasteiger partial charge in [0.15, 0.2) is 0 Å². The molecule has 0 saturated carbocycles. The lowest BCUT2D eigenvalue weighted by Gasteiger charge is -2.12. The lowest BCUT2D eigenvalue weighted by atomic mass is 10.1. The number of fused-ring (bicyclic) bond motifs is 1. The standard InChI is InChI=1S/C22H19N3O2S/c26-21(20-13-15-7-4-5-12-19(15)28-20)23-17-10-6-11-18(14-17)25-22(27)24-16-8-2-1-3-9-16/h1-12,14,20H,13H2,(H,23,26)(H2,24,25,27). The summed E-state index contributed by atoms with van der Waals surface area (Å²) < 4.78 is 0. The number of carbonyl (C=O) groups excluding carboxylic acids is 2. The number of para-hydroxylation sites is 1. The van der Waals surface area contributed by atoms with Gasteiger partial charge in [0.25, 0.3) is 0 Å². The van der Waals surface area contributed by atoms with Gasteiger partial charge in [-0.1, -0.05) is 42.5 Å². The largest absolute Gasteiger partial charge is 0.325 e. The summed E-state index contributed by atoms with van der Waals surface area (Å²) >= 11 is 1.59. The summed E-state index contributed by atoms with van der Waals surface area (Å²) in [6.45, 7) is 0. The minimum absolute atomic E-state index is 0.0351. The first-order valence-corrected chi connectivity index (χ1v) is 9.84. The lowest BCUT2D eigenvalue weighted by molar-refractivity contribution is -0.115. The number of rotatable bonds is 4. The number of thioether (sulfide) groups is 1. The maximum absolute atomic E-state index is 12.6. The van der Waals surface area contributed by atoms with E-state index in [1.54, 1.807) is 30.0 Å². The molecule has 4 rings (SSSR count). The Balaban J connectivity index is 1.36. The fourth-order valence-electron chi connectivity index (χ4n) is 3.04. The Morgan fingerprint density at radius 3 is 2.18 bits per heavy atom. The SMILES string of the molecule is O=C(Nc1ccccc1)Nc1cccc(NC(=O)C2Cc3ccccc3S2)c1. The van der Waals surface area contributed by atoms with Crippen LogP contribution in [0.1, 0.15) is 5.56 Å². The molecule has 3 aromatic rings. The second kappa shape index (κ2) is 8.19. The van der Waals surface area contributed by atoms with Crippen LogP contribution in [0.2, 0.25) is 0 Å². The molecule has 5 nitrogen and oxygen atoms in total. The Hall–Kier alpha value is -3.25. The summed E-state index contributed by atoms with van der Waals surface area (Å²) in [5.74, 6) is -0.0351. The van der Waals surface area contributed by atoms with E-state index < -0.39 is 0 Å². The van der Waals surface area contributed by atoms with Gasteiger partial charge in [0.05, 0.1) is 5.25 Å². The number of amides is 3. The van der Waals surface area contributed by atoms with Crippen molar-refractivity contribution in [1.29, 1.82) is 0 Å². The van der Waals surface area contributed by atoms with Crippen LogP contribution in [0.15, 0.2) is 83.8 Å². The highest BCUT2D eigenvalue weighted by atomic mass is 32.2. The van der Waals surface area contributed by atoms with Crippen LogP contribution in [-0.2, 0) is 11.2 Å². The molecule has 0 spiro atoms. The van der Waals surface area contributed by atoms with Crippen LogP contribution < -0.4 is 16.0 Å². The van der Waals surface area contributed by atoms with E-state index in [-0.39, 0.29) is 17.2 Å². The molecule has 0 saturated heterocycles. The first-order chi connectivity index (χ1) is 13.7. The molecular weight excluding hydrogens is 370 g/mol. The molecule has 1 heterocycles. The molecule has 28 heavy (non-hydrogen) atoms. The van der Waals surface area contributed by atoms with Gasteiger partial charge in [0, 0.05) is 22.0 Å². The Kier molecular flexibility index (Phi) is 5.30. The molecule has 1 aliphatic heterocycles. The number of anilines is 3. The summed E-state index contributed by atoms with van der Waals surface area (Å²) in [4.78, 5) is 25.9. The summed E-state index contributed by atoms with van der Waals surface area (Å²) in [6.07, 6.45) is 0.726. The van der Waals surface area contributed by atoms with Gasteiger partial charge in [-0.2, -0.15) is 0 Å². The van der Waals surface area contributed by atoms with Crippen LogP contribution in [0.5, 0.6) is 0 Å². The van der Waals surface area contributed by atoms with Gasteiger partial charge in [-0.15, -0.1) is 11.8 Å². The topological polar surface area (TPSA) is 70.2 Å².